The standard InChI is InChI=1S/C15H26N2O/c1-5-6-16-9-13(18)17-11-15(4)8-12(17)7-14(2,3)10-15/h5,12,16H,1,6-11H2,2-4H3. The van der Waals surface area contributed by atoms with E-state index in [0.717, 1.165) is 13.0 Å². The Kier molecular flexibility index (Phi) is 3.54. The van der Waals surface area contributed by atoms with Gasteiger partial charge in [-0.25, -0.2) is 0 Å². The Morgan fingerprint density at radius 2 is 2.17 bits per heavy atom. The zero-order valence-corrected chi connectivity index (χ0v) is 12.0. The third kappa shape index (κ3) is 2.77. The van der Waals surface area contributed by atoms with Crippen LogP contribution in [-0.2, 0) is 4.79 Å². The number of amides is 1. The van der Waals surface area contributed by atoms with E-state index >= 15 is 0 Å². The monoisotopic (exact) mass is 250 g/mol. The van der Waals surface area contributed by atoms with Crippen molar-refractivity contribution in [2.45, 2.75) is 46.1 Å². The lowest BCUT2D eigenvalue weighted by Gasteiger charge is -2.39. The number of carbonyl (C=O) groups is 1. The SMILES string of the molecule is C=CCNCC(=O)N1CC2(C)CC1CC(C)(C)C2. The molecule has 2 rings (SSSR count). The van der Waals surface area contributed by atoms with E-state index in [1.807, 2.05) is 0 Å². The van der Waals surface area contributed by atoms with Crippen molar-refractivity contribution in [3.05, 3.63) is 12.7 Å². The van der Waals surface area contributed by atoms with E-state index in [9.17, 15) is 4.79 Å². The summed E-state index contributed by atoms with van der Waals surface area (Å²) in [7, 11) is 0. The van der Waals surface area contributed by atoms with Gasteiger partial charge in [0.25, 0.3) is 0 Å². The van der Waals surface area contributed by atoms with Crippen molar-refractivity contribution >= 4 is 5.91 Å². The van der Waals surface area contributed by atoms with Crippen molar-refractivity contribution in [3.8, 4) is 0 Å². The van der Waals surface area contributed by atoms with Gasteiger partial charge in [0.05, 0.1) is 6.54 Å². The first kappa shape index (κ1) is 13.6. The average molecular weight is 250 g/mol. The number of fused-ring (bicyclic) bond motifs is 2. The van der Waals surface area contributed by atoms with Crippen LogP contribution in [0.2, 0.25) is 0 Å². The van der Waals surface area contributed by atoms with Gasteiger partial charge in [0, 0.05) is 19.1 Å². The van der Waals surface area contributed by atoms with E-state index in [4.69, 9.17) is 0 Å². The van der Waals surface area contributed by atoms with Crippen LogP contribution in [0.15, 0.2) is 12.7 Å². The first-order valence-electron chi connectivity index (χ1n) is 6.96. The van der Waals surface area contributed by atoms with Gasteiger partial charge in [-0.05, 0) is 30.1 Å². The second-order valence-corrected chi connectivity index (χ2v) is 7.15. The first-order chi connectivity index (χ1) is 8.35. The van der Waals surface area contributed by atoms with Crippen molar-refractivity contribution in [3.63, 3.8) is 0 Å². The van der Waals surface area contributed by atoms with Gasteiger partial charge in [-0.2, -0.15) is 0 Å². The van der Waals surface area contributed by atoms with E-state index in [0.29, 0.717) is 30.0 Å². The minimum atomic E-state index is 0.253. The molecule has 1 amide bonds. The fraction of sp³-hybridized carbons (Fsp3) is 0.800. The summed E-state index contributed by atoms with van der Waals surface area (Å²) in [6, 6.07) is 0.455. The van der Waals surface area contributed by atoms with Crippen LogP contribution in [0.25, 0.3) is 0 Å². The van der Waals surface area contributed by atoms with Gasteiger partial charge in [-0.1, -0.05) is 26.8 Å². The molecule has 0 radical (unpaired) electrons. The maximum absolute atomic E-state index is 12.2. The molecule has 2 atom stereocenters. The average Bonchev–Trinajstić information content (AvgIpc) is 2.48. The molecule has 18 heavy (non-hydrogen) atoms. The molecular weight excluding hydrogens is 224 g/mol. The number of rotatable bonds is 4. The Hall–Kier alpha value is -0.830. The second-order valence-electron chi connectivity index (χ2n) is 7.15. The Morgan fingerprint density at radius 3 is 2.83 bits per heavy atom. The van der Waals surface area contributed by atoms with Crippen LogP contribution in [0.4, 0.5) is 0 Å². The minimum absolute atomic E-state index is 0.253. The molecule has 102 valence electrons. The fourth-order valence-corrected chi connectivity index (χ4v) is 4.13. The number of nitrogens with one attached hydrogen (secondary N) is 1. The topological polar surface area (TPSA) is 32.3 Å². The lowest BCUT2D eigenvalue weighted by molar-refractivity contribution is -0.131. The van der Waals surface area contributed by atoms with Gasteiger partial charge in [0.1, 0.15) is 0 Å². The molecule has 2 bridgehead atoms. The molecule has 1 saturated heterocycles. The maximum atomic E-state index is 12.2. The van der Waals surface area contributed by atoms with Gasteiger partial charge in [-0.3, -0.25) is 4.79 Å². The van der Waals surface area contributed by atoms with Crippen LogP contribution in [0.5, 0.6) is 0 Å². The second kappa shape index (κ2) is 4.69. The number of nitrogens with zero attached hydrogens (tertiary/aromatic N) is 1. The number of hydrogen-bond donors (Lipinski definition) is 1. The lowest BCUT2D eigenvalue weighted by Crippen LogP contribution is -2.42. The molecule has 1 saturated carbocycles. The Labute approximate surface area is 111 Å². The molecule has 0 aromatic heterocycles. The summed E-state index contributed by atoms with van der Waals surface area (Å²) in [5.74, 6) is 0.253. The van der Waals surface area contributed by atoms with Crippen LogP contribution in [0.1, 0.15) is 40.0 Å². The highest BCUT2D eigenvalue weighted by Crippen LogP contribution is 2.52. The molecule has 1 aliphatic heterocycles. The molecule has 0 aromatic carbocycles. The van der Waals surface area contributed by atoms with Gasteiger partial charge >= 0.3 is 0 Å². The molecule has 1 aliphatic carbocycles. The molecule has 3 nitrogen and oxygen atoms in total. The quantitative estimate of drug-likeness (QED) is 0.613. The largest absolute Gasteiger partial charge is 0.338 e. The molecule has 0 aromatic rings. The van der Waals surface area contributed by atoms with Gasteiger partial charge in [-0.15, -0.1) is 6.58 Å². The summed E-state index contributed by atoms with van der Waals surface area (Å²) in [6.45, 7) is 12.7. The van der Waals surface area contributed by atoms with Crippen molar-refractivity contribution in [1.29, 1.82) is 0 Å². The van der Waals surface area contributed by atoms with Gasteiger partial charge < -0.3 is 10.2 Å². The minimum Gasteiger partial charge on any atom is -0.338 e. The first-order valence-corrected chi connectivity index (χ1v) is 6.96. The van der Waals surface area contributed by atoms with Gasteiger partial charge in [0.2, 0.25) is 5.91 Å². The van der Waals surface area contributed by atoms with E-state index in [1.54, 1.807) is 6.08 Å². The Morgan fingerprint density at radius 1 is 1.44 bits per heavy atom. The summed E-state index contributed by atoms with van der Waals surface area (Å²) >= 11 is 0. The van der Waals surface area contributed by atoms with E-state index in [2.05, 4.69) is 37.6 Å². The molecule has 2 unspecified atom stereocenters. The summed E-state index contributed by atoms with van der Waals surface area (Å²) in [4.78, 5) is 14.4. The molecule has 0 spiro atoms. The molecule has 3 heteroatoms. The third-order valence-corrected chi connectivity index (χ3v) is 4.30. The summed E-state index contributed by atoms with van der Waals surface area (Å²) in [5.41, 5.74) is 0.710. The van der Waals surface area contributed by atoms with E-state index in [-0.39, 0.29) is 5.91 Å². The highest BCUT2D eigenvalue weighted by Gasteiger charge is 2.50. The Balaban J connectivity index is 1.99. The van der Waals surface area contributed by atoms with E-state index in [1.165, 1.54) is 12.8 Å². The number of likely N-dealkylation sites (tertiary alicyclic amines) is 1. The van der Waals surface area contributed by atoms with Crippen LogP contribution < -0.4 is 5.32 Å². The van der Waals surface area contributed by atoms with Crippen molar-refractivity contribution < 1.29 is 4.79 Å². The number of carbonyl (C=O) groups excluding carboxylic acids is 1. The lowest BCUT2D eigenvalue weighted by atomic mass is 9.65. The predicted octanol–water partition coefficient (Wildman–Crippen LogP) is 2.19. The highest BCUT2D eigenvalue weighted by atomic mass is 16.2. The molecule has 2 fully saturated rings. The van der Waals surface area contributed by atoms with Crippen LogP contribution in [0.3, 0.4) is 0 Å². The summed E-state index contributed by atoms with van der Waals surface area (Å²) < 4.78 is 0. The summed E-state index contributed by atoms with van der Waals surface area (Å²) in [6.07, 6.45) is 5.36. The van der Waals surface area contributed by atoms with E-state index < -0.39 is 0 Å². The van der Waals surface area contributed by atoms with Crippen LogP contribution in [0, 0.1) is 10.8 Å². The van der Waals surface area contributed by atoms with Crippen LogP contribution in [-0.4, -0.2) is 36.5 Å². The molecule has 1 N–H and O–H groups in total. The maximum Gasteiger partial charge on any atom is 0.236 e. The van der Waals surface area contributed by atoms with Gasteiger partial charge in [0.15, 0.2) is 0 Å². The highest BCUT2D eigenvalue weighted by molar-refractivity contribution is 5.79. The summed E-state index contributed by atoms with van der Waals surface area (Å²) in [5, 5.41) is 3.12. The normalized spacial score (nSPS) is 33.5. The van der Waals surface area contributed by atoms with Crippen molar-refractivity contribution in [2.24, 2.45) is 10.8 Å². The number of hydrogen-bond acceptors (Lipinski definition) is 2. The zero-order valence-electron chi connectivity index (χ0n) is 12.0. The predicted molar refractivity (Wildman–Crippen MR) is 74.3 cm³/mol. The molecular formula is C15H26N2O. The fourth-order valence-electron chi connectivity index (χ4n) is 4.13. The van der Waals surface area contributed by atoms with Crippen molar-refractivity contribution in [2.75, 3.05) is 19.6 Å². The molecule has 2 aliphatic rings. The third-order valence-electron chi connectivity index (χ3n) is 4.30. The molecule has 1 heterocycles. The Bertz CT molecular complexity index is 350. The zero-order chi connectivity index (χ0) is 13.4. The van der Waals surface area contributed by atoms with Crippen molar-refractivity contribution in [1.82, 2.24) is 10.2 Å². The smallest absolute Gasteiger partial charge is 0.236 e. The van der Waals surface area contributed by atoms with Crippen LogP contribution >= 0.6 is 0 Å².